The van der Waals surface area contributed by atoms with Crippen LogP contribution in [-0.2, 0) is 10.3 Å². The van der Waals surface area contributed by atoms with Crippen molar-refractivity contribution >= 4 is 5.91 Å². The van der Waals surface area contributed by atoms with Crippen molar-refractivity contribution in [3.8, 4) is 0 Å². The van der Waals surface area contributed by atoms with E-state index in [-0.39, 0.29) is 18.3 Å². The number of rotatable bonds is 5. The van der Waals surface area contributed by atoms with E-state index in [1.54, 1.807) is 31.2 Å². The van der Waals surface area contributed by atoms with Crippen molar-refractivity contribution in [3.63, 3.8) is 0 Å². The van der Waals surface area contributed by atoms with E-state index in [1.165, 1.54) is 25.7 Å². The van der Waals surface area contributed by atoms with Crippen molar-refractivity contribution in [1.29, 1.82) is 0 Å². The van der Waals surface area contributed by atoms with E-state index in [2.05, 4.69) is 5.32 Å². The van der Waals surface area contributed by atoms with Gasteiger partial charge in [0.05, 0.1) is 18.4 Å². The van der Waals surface area contributed by atoms with Crippen molar-refractivity contribution in [2.24, 2.45) is 0 Å². The molecule has 0 radical (unpaired) electrons. The maximum atomic E-state index is 13.9. The molecular formula is C15H16FNO3. The molecule has 0 fully saturated rings. The van der Waals surface area contributed by atoms with Gasteiger partial charge in [0.1, 0.15) is 17.7 Å². The van der Waals surface area contributed by atoms with Gasteiger partial charge in [-0.3, -0.25) is 4.79 Å². The number of amides is 1. The van der Waals surface area contributed by atoms with Gasteiger partial charge in [0.25, 0.3) is 5.91 Å². The molecule has 0 bridgehead atoms. The minimum atomic E-state index is -0.940. The predicted molar refractivity (Wildman–Crippen MR) is 71.8 cm³/mol. The number of methoxy groups -OCH3 is 1. The lowest BCUT2D eigenvalue weighted by molar-refractivity contribution is 0.000383. The zero-order valence-corrected chi connectivity index (χ0v) is 11.4. The Labute approximate surface area is 116 Å². The van der Waals surface area contributed by atoms with E-state index in [1.807, 2.05) is 0 Å². The highest BCUT2D eigenvalue weighted by atomic mass is 19.1. The summed E-state index contributed by atoms with van der Waals surface area (Å²) < 4.78 is 24.1. The first-order chi connectivity index (χ1) is 9.57. The Morgan fingerprint density at radius 1 is 1.40 bits per heavy atom. The van der Waals surface area contributed by atoms with Crippen LogP contribution in [0.2, 0.25) is 0 Å². The van der Waals surface area contributed by atoms with Crippen molar-refractivity contribution < 1.29 is 18.3 Å². The summed E-state index contributed by atoms with van der Waals surface area (Å²) in [7, 11) is 1.48. The van der Waals surface area contributed by atoms with Gasteiger partial charge in [-0.05, 0) is 19.1 Å². The fourth-order valence-electron chi connectivity index (χ4n) is 1.91. The minimum absolute atomic E-state index is 0.147. The Balaban J connectivity index is 2.12. The molecule has 4 nitrogen and oxygen atoms in total. The third kappa shape index (κ3) is 2.88. The third-order valence-corrected chi connectivity index (χ3v) is 3.26. The van der Waals surface area contributed by atoms with Crippen molar-refractivity contribution in [2.45, 2.75) is 12.5 Å². The Hall–Kier alpha value is -2.14. The second-order valence-electron chi connectivity index (χ2n) is 4.61. The lowest BCUT2D eigenvalue weighted by atomic mass is 9.95. The molecule has 1 atom stereocenters. The summed E-state index contributed by atoms with van der Waals surface area (Å²) in [5.74, 6) is -0.659. The SMILES string of the molecule is CO[C@@](C)(CNC(=O)c1ccoc1)c1ccccc1F. The van der Waals surface area contributed by atoms with Crippen LogP contribution < -0.4 is 5.32 Å². The normalized spacial score (nSPS) is 13.8. The van der Waals surface area contributed by atoms with Crippen LogP contribution in [0.5, 0.6) is 0 Å². The summed E-state index contributed by atoms with van der Waals surface area (Å²) in [4.78, 5) is 11.9. The highest BCUT2D eigenvalue weighted by molar-refractivity contribution is 5.93. The molecular weight excluding hydrogens is 261 g/mol. The predicted octanol–water partition coefficient (Wildman–Crippen LogP) is 2.71. The molecule has 1 amide bonds. The van der Waals surface area contributed by atoms with E-state index in [9.17, 15) is 9.18 Å². The van der Waals surface area contributed by atoms with Gasteiger partial charge in [0.2, 0.25) is 0 Å². The lowest BCUT2D eigenvalue weighted by Gasteiger charge is -2.29. The number of hydrogen-bond donors (Lipinski definition) is 1. The largest absolute Gasteiger partial charge is 0.472 e. The molecule has 0 aliphatic carbocycles. The molecule has 1 aromatic heterocycles. The average molecular weight is 277 g/mol. The van der Waals surface area contributed by atoms with Gasteiger partial charge in [-0.1, -0.05) is 18.2 Å². The maximum Gasteiger partial charge on any atom is 0.254 e. The molecule has 106 valence electrons. The van der Waals surface area contributed by atoms with Gasteiger partial charge >= 0.3 is 0 Å². The molecule has 1 N–H and O–H groups in total. The minimum Gasteiger partial charge on any atom is -0.472 e. The van der Waals surface area contributed by atoms with Crippen LogP contribution in [0.4, 0.5) is 4.39 Å². The van der Waals surface area contributed by atoms with Crippen LogP contribution >= 0.6 is 0 Å². The molecule has 1 aromatic carbocycles. The molecule has 0 saturated carbocycles. The van der Waals surface area contributed by atoms with Gasteiger partial charge in [-0.15, -0.1) is 0 Å². The number of benzene rings is 1. The molecule has 20 heavy (non-hydrogen) atoms. The van der Waals surface area contributed by atoms with Crippen LogP contribution in [0.25, 0.3) is 0 Å². The maximum absolute atomic E-state index is 13.9. The van der Waals surface area contributed by atoms with Gasteiger partial charge in [0, 0.05) is 12.7 Å². The molecule has 0 unspecified atom stereocenters. The van der Waals surface area contributed by atoms with Crippen molar-refractivity contribution in [1.82, 2.24) is 5.32 Å². The fourth-order valence-corrected chi connectivity index (χ4v) is 1.91. The summed E-state index contributed by atoms with van der Waals surface area (Å²) in [6, 6.07) is 7.91. The van der Waals surface area contributed by atoms with Crippen LogP contribution in [0.15, 0.2) is 47.3 Å². The quantitative estimate of drug-likeness (QED) is 0.914. The Morgan fingerprint density at radius 2 is 2.15 bits per heavy atom. The monoisotopic (exact) mass is 277 g/mol. The number of carbonyl (C=O) groups is 1. The molecule has 2 aromatic rings. The van der Waals surface area contributed by atoms with Crippen molar-refractivity contribution in [2.75, 3.05) is 13.7 Å². The Bertz CT molecular complexity index is 583. The van der Waals surface area contributed by atoms with Crippen molar-refractivity contribution in [3.05, 3.63) is 59.8 Å². The van der Waals surface area contributed by atoms with Crippen LogP contribution in [0, 0.1) is 5.82 Å². The summed E-state index contributed by atoms with van der Waals surface area (Å²) in [6.45, 7) is 1.87. The van der Waals surface area contributed by atoms with Crippen LogP contribution in [0.3, 0.4) is 0 Å². The van der Waals surface area contributed by atoms with E-state index in [4.69, 9.17) is 9.15 Å². The molecule has 0 aliphatic heterocycles. The summed E-state index contributed by atoms with van der Waals surface area (Å²) >= 11 is 0. The van der Waals surface area contributed by atoms with Crippen LogP contribution in [0.1, 0.15) is 22.8 Å². The van der Waals surface area contributed by atoms with E-state index < -0.39 is 5.60 Å². The van der Waals surface area contributed by atoms with E-state index >= 15 is 0 Å². The second kappa shape index (κ2) is 5.88. The van der Waals surface area contributed by atoms with Gasteiger partial charge in [0.15, 0.2) is 0 Å². The van der Waals surface area contributed by atoms with Crippen LogP contribution in [-0.4, -0.2) is 19.6 Å². The Kier molecular flexibility index (Phi) is 4.20. The molecule has 1 heterocycles. The smallest absolute Gasteiger partial charge is 0.254 e. The van der Waals surface area contributed by atoms with Gasteiger partial charge in [-0.2, -0.15) is 0 Å². The highest BCUT2D eigenvalue weighted by Gasteiger charge is 2.29. The third-order valence-electron chi connectivity index (χ3n) is 3.26. The number of hydrogen-bond acceptors (Lipinski definition) is 3. The first-order valence-electron chi connectivity index (χ1n) is 6.17. The lowest BCUT2D eigenvalue weighted by Crippen LogP contribution is -2.40. The molecule has 0 spiro atoms. The fraction of sp³-hybridized carbons (Fsp3) is 0.267. The molecule has 0 saturated heterocycles. The van der Waals surface area contributed by atoms with Gasteiger partial charge < -0.3 is 14.5 Å². The first kappa shape index (κ1) is 14.3. The first-order valence-corrected chi connectivity index (χ1v) is 6.17. The van der Waals surface area contributed by atoms with E-state index in [0.29, 0.717) is 11.1 Å². The molecule has 5 heteroatoms. The average Bonchev–Trinajstić information content (AvgIpc) is 2.99. The second-order valence-corrected chi connectivity index (χ2v) is 4.61. The zero-order chi connectivity index (χ0) is 14.6. The highest BCUT2D eigenvalue weighted by Crippen LogP contribution is 2.26. The summed E-state index contributed by atoms with van der Waals surface area (Å²) in [5, 5.41) is 2.71. The topological polar surface area (TPSA) is 51.5 Å². The zero-order valence-electron chi connectivity index (χ0n) is 11.4. The molecule has 0 aliphatic rings. The van der Waals surface area contributed by atoms with E-state index in [0.717, 1.165) is 0 Å². The van der Waals surface area contributed by atoms with Gasteiger partial charge in [-0.25, -0.2) is 4.39 Å². The molecule has 2 rings (SSSR count). The summed E-state index contributed by atoms with van der Waals surface area (Å²) in [5.41, 5.74) is -0.128. The number of halogens is 1. The summed E-state index contributed by atoms with van der Waals surface area (Å²) in [6.07, 6.45) is 2.77. The number of nitrogens with one attached hydrogen (secondary N) is 1. The number of ether oxygens (including phenoxy) is 1. The standard InChI is InChI=1S/C15H16FNO3/c1-15(19-2,12-5-3-4-6-13(12)16)10-17-14(18)11-7-8-20-9-11/h3-9H,10H2,1-2H3,(H,17,18)/t15-/m0/s1. The number of furan rings is 1. The number of carbonyl (C=O) groups excluding carboxylic acids is 1. The Morgan fingerprint density at radius 3 is 2.75 bits per heavy atom.